The minimum Gasteiger partial charge on any atom is -0.507 e. The lowest BCUT2D eigenvalue weighted by molar-refractivity contribution is -0.481. The SMILES string of the molecule is Cc1ccc(C(C[N+](=O)[O-])c2cc3c(cc2O)OCO3)cc1. The van der Waals surface area contributed by atoms with E-state index in [0.29, 0.717) is 17.1 Å². The lowest BCUT2D eigenvalue weighted by atomic mass is 9.90. The molecule has 0 spiro atoms. The Morgan fingerprint density at radius 1 is 1.23 bits per heavy atom. The summed E-state index contributed by atoms with van der Waals surface area (Å²) in [5.74, 6) is 0.361. The molecule has 0 aromatic heterocycles. The van der Waals surface area contributed by atoms with Crippen LogP contribution in [-0.4, -0.2) is 23.4 Å². The van der Waals surface area contributed by atoms with Crippen molar-refractivity contribution in [1.29, 1.82) is 0 Å². The van der Waals surface area contributed by atoms with Gasteiger partial charge in [-0.05, 0) is 18.6 Å². The second-order valence-electron chi connectivity index (χ2n) is 5.24. The smallest absolute Gasteiger partial charge is 0.231 e. The maximum Gasteiger partial charge on any atom is 0.231 e. The molecule has 0 fully saturated rings. The zero-order valence-corrected chi connectivity index (χ0v) is 12.0. The molecule has 0 aliphatic carbocycles. The van der Waals surface area contributed by atoms with Crippen molar-refractivity contribution >= 4 is 0 Å². The highest BCUT2D eigenvalue weighted by Crippen LogP contribution is 2.42. The summed E-state index contributed by atoms with van der Waals surface area (Å²) in [6, 6.07) is 10.5. The number of phenols is 1. The van der Waals surface area contributed by atoms with Gasteiger partial charge in [0.1, 0.15) is 5.75 Å². The summed E-state index contributed by atoms with van der Waals surface area (Å²) in [5.41, 5.74) is 2.31. The van der Waals surface area contributed by atoms with Crippen LogP contribution in [0.15, 0.2) is 36.4 Å². The van der Waals surface area contributed by atoms with Crippen LogP contribution in [0.25, 0.3) is 0 Å². The first kappa shape index (κ1) is 14.2. The molecule has 6 heteroatoms. The number of rotatable bonds is 4. The summed E-state index contributed by atoms with van der Waals surface area (Å²) in [5, 5.41) is 21.3. The van der Waals surface area contributed by atoms with E-state index in [1.54, 1.807) is 6.07 Å². The van der Waals surface area contributed by atoms with Crippen molar-refractivity contribution in [2.24, 2.45) is 0 Å². The molecule has 1 atom stereocenters. The van der Waals surface area contributed by atoms with Crippen LogP contribution in [0.1, 0.15) is 22.6 Å². The molecule has 6 nitrogen and oxygen atoms in total. The second-order valence-corrected chi connectivity index (χ2v) is 5.24. The highest BCUT2D eigenvalue weighted by Gasteiger charge is 2.26. The third-order valence-electron chi connectivity index (χ3n) is 3.71. The number of nitro groups is 1. The maximum atomic E-state index is 11.0. The predicted molar refractivity (Wildman–Crippen MR) is 79.1 cm³/mol. The number of ether oxygens (including phenoxy) is 2. The number of aromatic hydroxyl groups is 1. The van der Waals surface area contributed by atoms with Crippen molar-refractivity contribution < 1.29 is 19.5 Å². The Morgan fingerprint density at radius 3 is 2.50 bits per heavy atom. The molecular formula is C16H15NO5. The number of phenolic OH excluding ortho intramolecular Hbond substituents is 1. The third-order valence-corrected chi connectivity index (χ3v) is 3.71. The molecule has 2 aromatic rings. The Kier molecular flexibility index (Phi) is 3.58. The molecule has 114 valence electrons. The van der Waals surface area contributed by atoms with E-state index < -0.39 is 5.92 Å². The molecule has 0 radical (unpaired) electrons. The fourth-order valence-corrected chi connectivity index (χ4v) is 2.56. The van der Waals surface area contributed by atoms with Crippen LogP contribution in [-0.2, 0) is 0 Å². The Balaban J connectivity index is 2.06. The van der Waals surface area contributed by atoms with Gasteiger partial charge in [-0.2, -0.15) is 0 Å². The normalized spacial score (nSPS) is 13.9. The maximum absolute atomic E-state index is 11.0. The van der Waals surface area contributed by atoms with Gasteiger partial charge in [0, 0.05) is 16.6 Å². The van der Waals surface area contributed by atoms with Crippen LogP contribution in [0.2, 0.25) is 0 Å². The zero-order chi connectivity index (χ0) is 15.7. The molecule has 0 bridgehead atoms. The van der Waals surface area contributed by atoms with Crippen LogP contribution in [0, 0.1) is 17.0 Å². The number of hydrogen-bond donors (Lipinski definition) is 1. The van der Waals surface area contributed by atoms with Gasteiger partial charge in [-0.25, -0.2) is 0 Å². The van der Waals surface area contributed by atoms with Crippen molar-refractivity contribution in [2.45, 2.75) is 12.8 Å². The summed E-state index contributed by atoms with van der Waals surface area (Å²) in [6.45, 7) is 1.73. The van der Waals surface area contributed by atoms with Crippen molar-refractivity contribution in [1.82, 2.24) is 0 Å². The van der Waals surface area contributed by atoms with E-state index in [1.165, 1.54) is 6.07 Å². The second kappa shape index (κ2) is 5.55. The Morgan fingerprint density at radius 2 is 1.86 bits per heavy atom. The van der Waals surface area contributed by atoms with Crippen LogP contribution < -0.4 is 9.47 Å². The van der Waals surface area contributed by atoms with Gasteiger partial charge >= 0.3 is 0 Å². The molecule has 3 rings (SSSR count). The van der Waals surface area contributed by atoms with E-state index in [4.69, 9.17) is 9.47 Å². The minimum absolute atomic E-state index is 0.0309. The first-order chi connectivity index (χ1) is 10.5. The molecule has 22 heavy (non-hydrogen) atoms. The fraction of sp³-hybridized carbons (Fsp3) is 0.250. The van der Waals surface area contributed by atoms with Crippen LogP contribution in [0.3, 0.4) is 0 Å². The van der Waals surface area contributed by atoms with Crippen molar-refractivity contribution in [3.05, 3.63) is 63.2 Å². The number of aryl methyl sites for hydroxylation is 1. The van der Waals surface area contributed by atoms with E-state index in [-0.39, 0.29) is 24.0 Å². The molecule has 0 amide bonds. The molecule has 1 aliphatic heterocycles. The molecular weight excluding hydrogens is 286 g/mol. The van der Waals surface area contributed by atoms with Crippen LogP contribution in [0.5, 0.6) is 17.2 Å². The van der Waals surface area contributed by atoms with Gasteiger partial charge in [0.2, 0.25) is 13.3 Å². The molecule has 1 heterocycles. The third kappa shape index (κ3) is 2.67. The summed E-state index contributed by atoms with van der Waals surface area (Å²) in [7, 11) is 0. The first-order valence-corrected chi connectivity index (χ1v) is 6.85. The zero-order valence-electron chi connectivity index (χ0n) is 12.0. The van der Waals surface area contributed by atoms with Gasteiger partial charge in [0.25, 0.3) is 0 Å². The first-order valence-electron chi connectivity index (χ1n) is 6.85. The van der Waals surface area contributed by atoms with Crippen molar-refractivity contribution in [3.63, 3.8) is 0 Å². The molecule has 1 aliphatic rings. The molecule has 2 aromatic carbocycles. The van der Waals surface area contributed by atoms with E-state index in [0.717, 1.165) is 11.1 Å². The quantitative estimate of drug-likeness (QED) is 0.693. The Hall–Kier alpha value is -2.76. The molecule has 1 N–H and O–H groups in total. The average molecular weight is 301 g/mol. The highest BCUT2D eigenvalue weighted by molar-refractivity contribution is 5.54. The van der Waals surface area contributed by atoms with Gasteiger partial charge in [0.15, 0.2) is 11.5 Å². The standard InChI is InChI=1S/C16H15NO5/c1-10-2-4-11(5-3-10)13(8-17(19)20)12-6-15-16(7-14(12)18)22-9-21-15/h2-7,13,18H,8-9H2,1H3. The number of nitrogens with zero attached hydrogens (tertiary/aromatic N) is 1. The highest BCUT2D eigenvalue weighted by atomic mass is 16.7. The topological polar surface area (TPSA) is 81.8 Å². The summed E-state index contributed by atoms with van der Waals surface area (Å²) in [6.07, 6.45) is 0. The lowest BCUT2D eigenvalue weighted by Gasteiger charge is -2.16. The van der Waals surface area contributed by atoms with Gasteiger partial charge in [-0.1, -0.05) is 29.8 Å². The van der Waals surface area contributed by atoms with Gasteiger partial charge in [-0.15, -0.1) is 0 Å². The van der Waals surface area contributed by atoms with E-state index in [1.807, 2.05) is 31.2 Å². The Labute approximate surface area is 127 Å². The predicted octanol–water partition coefficient (Wildman–Crippen LogP) is 2.84. The number of fused-ring (bicyclic) bond motifs is 1. The number of benzene rings is 2. The minimum atomic E-state index is -0.551. The summed E-state index contributed by atoms with van der Waals surface area (Å²) >= 11 is 0. The number of hydrogen-bond acceptors (Lipinski definition) is 5. The Bertz CT molecular complexity index is 711. The monoisotopic (exact) mass is 301 g/mol. The van der Waals surface area contributed by atoms with E-state index in [9.17, 15) is 15.2 Å². The summed E-state index contributed by atoms with van der Waals surface area (Å²) < 4.78 is 10.5. The van der Waals surface area contributed by atoms with Crippen LogP contribution in [0.4, 0.5) is 0 Å². The van der Waals surface area contributed by atoms with Gasteiger partial charge in [0.05, 0.1) is 5.92 Å². The molecule has 0 saturated carbocycles. The van der Waals surface area contributed by atoms with Gasteiger partial charge in [-0.3, -0.25) is 10.1 Å². The largest absolute Gasteiger partial charge is 0.507 e. The lowest BCUT2D eigenvalue weighted by Crippen LogP contribution is -2.14. The summed E-state index contributed by atoms with van der Waals surface area (Å²) in [4.78, 5) is 10.7. The molecule has 0 saturated heterocycles. The average Bonchev–Trinajstić information content (AvgIpc) is 2.92. The fourth-order valence-electron chi connectivity index (χ4n) is 2.56. The van der Waals surface area contributed by atoms with E-state index in [2.05, 4.69) is 0 Å². The van der Waals surface area contributed by atoms with Crippen molar-refractivity contribution in [2.75, 3.05) is 13.3 Å². The van der Waals surface area contributed by atoms with Gasteiger partial charge < -0.3 is 14.6 Å². The van der Waals surface area contributed by atoms with E-state index >= 15 is 0 Å². The molecule has 1 unspecified atom stereocenters. The van der Waals surface area contributed by atoms with Crippen molar-refractivity contribution in [3.8, 4) is 17.2 Å². The van der Waals surface area contributed by atoms with Crippen LogP contribution >= 0.6 is 0 Å².